The van der Waals surface area contributed by atoms with Crippen LogP contribution in [0.25, 0.3) is 0 Å². The van der Waals surface area contributed by atoms with Crippen LogP contribution < -0.4 is 14.8 Å². The SMILES string of the molecule is C=C1CC[C@H]2[C@](C)(COC(C)=O)[C@H](OC(C)=O)CC[C@@]2(C)[C@@H]1C[C@@H](NCc1ccc2c(c1)OCO2)C1=CCOC1=O. The molecule has 0 bridgehead atoms. The maximum atomic E-state index is 12.8. The van der Waals surface area contributed by atoms with Gasteiger partial charge in [-0.2, -0.15) is 0 Å². The molecule has 5 rings (SSSR count). The van der Waals surface area contributed by atoms with Crippen molar-refractivity contribution in [2.75, 3.05) is 20.0 Å². The number of rotatable bonds is 9. The molecule has 6 atom stereocenters. The van der Waals surface area contributed by atoms with Crippen LogP contribution in [-0.4, -0.2) is 50.1 Å². The number of benzene rings is 1. The lowest BCUT2D eigenvalue weighted by Gasteiger charge is -2.60. The monoisotopic (exact) mass is 567 g/mol. The van der Waals surface area contributed by atoms with Crippen LogP contribution in [0.3, 0.4) is 0 Å². The smallest absolute Gasteiger partial charge is 0.335 e. The van der Waals surface area contributed by atoms with Gasteiger partial charge in [-0.05, 0) is 73.1 Å². The first-order valence-corrected chi connectivity index (χ1v) is 14.5. The van der Waals surface area contributed by atoms with E-state index in [0.29, 0.717) is 30.7 Å². The molecular weight excluding hydrogens is 526 g/mol. The number of esters is 3. The molecule has 41 heavy (non-hydrogen) atoms. The number of carbonyl (C=O) groups is 3. The van der Waals surface area contributed by atoms with Gasteiger partial charge in [0.25, 0.3) is 0 Å². The average Bonchev–Trinajstić information content (AvgIpc) is 3.57. The van der Waals surface area contributed by atoms with Crippen LogP contribution in [0, 0.1) is 22.7 Å². The predicted octanol–water partition coefficient (Wildman–Crippen LogP) is 4.63. The van der Waals surface area contributed by atoms with Crippen LogP contribution in [0.1, 0.15) is 65.4 Å². The largest absolute Gasteiger partial charge is 0.465 e. The summed E-state index contributed by atoms with van der Waals surface area (Å²) in [7, 11) is 0. The van der Waals surface area contributed by atoms with Gasteiger partial charge in [0.2, 0.25) is 6.79 Å². The summed E-state index contributed by atoms with van der Waals surface area (Å²) in [4.78, 5) is 36.7. The zero-order valence-electron chi connectivity index (χ0n) is 24.5. The van der Waals surface area contributed by atoms with Gasteiger partial charge in [0.05, 0.1) is 5.57 Å². The molecule has 2 saturated carbocycles. The molecule has 2 heterocycles. The van der Waals surface area contributed by atoms with Gasteiger partial charge in [0.15, 0.2) is 11.5 Å². The predicted molar refractivity (Wildman–Crippen MR) is 150 cm³/mol. The van der Waals surface area contributed by atoms with Crippen molar-refractivity contribution in [2.45, 2.75) is 78.5 Å². The van der Waals surface area contributed by atoms with Crippen molar-refractivity contribution in [3.05, 3.63) is 47.6 Å². The first-order chi connectivity index (χ1) is 19.5. The molecule has 0 unspecified atom stereocenters. The van der Waals surface area contributed by atoms with E-state index in [-0.39, 0.29) is 67.3 Å². The van der Waals surface area contributed by atoms with E-state index in [1.165, 1.54) is 13.8 Å². The zero-order valence-corrected chi connectivity index (χ0v) is 24.5. The Kier molecular flexibility index (Phi) is 8.19. The Morgan fingerprint density at radius 3 is 2.61 bits per heavy atom. The van der Waals surface area contributed by atoms with Crippen molar-refractivity contribution in [2.24, 2.45) is 22.7 Å². The Labute approximate surface area is 241 Å². The van der Waals surface area contributed by atoms with Crippen LogP contribution in [0.4, 0.5) is 0 Å². The molecule has 9 heteroatoms. The van der Waals surface area contributed by atoms with Gasteiger partial charge < -0.3 is 29.0 Å². The maximum absolute atomic E-state index is 12.8. The van der Waals surface area contributed by atoms with Gasteiger partial charge in [-0.1, -0.05) is 32.1 Å². The van der Waals surface area contributed by atoms with Crippen LogP contribution in [0.5, 0.6) is 11.5 Å². The molecule has 1 aromatic carbocycles. The molecule has 4 aliphatic rings. The number of cyclic esters (lactones) is 1. The topological polar surface area (TPSA) is 109 Å². The van der Waals surface area contributed by atoms with Gasteiger partial charge >= 0.3 is 17.9 Å². The average molecular weight is 568 g/mol. The maximum Gasteiger partial charge on any atom is 0.335 e. The molecule has 9 nitrogen and oxygen atoms in total. The summed E-state index contributed by atoms with van der Waals surface area (Å²) in [5, 5.41) is 3.63. The normalized spacial score (nSPS) is 31.1. The summed E-state index contributed by atoms with van der Waals surface area (Å²) >= 11 is 0. The fraction of sp³-hybridized carbons (Fsp3) is 0.594. The quantitative estimate of drug-likeness (QED) is 0.259. The third-order valence-electron chi connectivity index (χ3n) is 9.80. The van der Waals surface area contributed by atoms with Crippen molar-refractivity contribution in [1.29, 1.82) is 0 Å². The third-order valence-corrected chi connectivity index (χ3v) is 9.80. The third kappa shape index (κ3) is 5.73. The number of hydrogen-bond acceptors (Lipinski definition) is 9. The standard InChI is InChI=1S/C32H41NO8/c1-19-6-9-28-31(4,12-10-29(41-21(3)35)32(28,5)17-38-20(2)34)24(19)15-25(23-11-13-37-30(23)36)33-16-22-7-8-26-27(14-22)40-18-39-26/h7-8,11,14,24-25,28-29,33H,1,6,9-10,12-13,15-18H2,2-5H3/t24-,25-,28-,29-,31+,32+/m1/s1. The number of carbonyl (C=O) groups excluding carboxylic acids is 3. The van der Waals surface area contributed by atoms with E-state index in [0.717, 1.165) is 36.1 Å². The molecule has 2 aliphatic carbocycles. The summed E-state index contributed by atoms with van der Waals surface area (Å²) in [6, 6.07) is 5.60. The Balaban J connectivity index is 1.41. The Hall–Kier alpha value is -3.33. The van der Waals surface area contributed by atoms with Gasteiger partial charge in [-0.15, -0.1) is 0 Å². The fourth-order valence-electron chi connectivity index (χ4n) is 7.76. The number of allylic oxidation sites excluding steroid dienone is 1. The molecule has 2 fully saturated rings. The van der Waals surface area contributed by atoms with E-state index in [1.54, 1.807) is 0 Å². The van der Waals surface area contributed by atoms with E-state index in [4.69, 9.17) is 23.7 Å². The van der Waals surface area contributed by atoms with Crippen molar-refractivity contribution in [1.82, 2.24) is 5.32 Å². The van der Waals surface area contributed by atoms with Gasteiger partial charge in [0.1, 0.15) is 19.3 Å². The van der Waals surface area contributed by atoms with Crippen molar-refractivity contribution < 1.29 is 38.1 Å². The summed E-state index contributed by atoms with van der Waals surface area (Å²) in [6.45, 7) is 12.9. The highest BCUT2D eigenvalue weighted by atomic mass is 16.7. The Bertz CT molecular complexity index is 1260. The van der Waals surface area contributed by atoms with Crippen LogP contribution in [0.15, 0.2) is 42.0 Å². The van der Waals surface area contributed by atoms with E-state index < -0.39 is 5.41 Å². The minimum atomic E-state index is -0.551. The van der Waals surface area contributed by atoms with Crippen LogP contribution >= 0.6 is 0 Å². The number of nitrogens with one attached hydrogen (secondary N) is 1. The minimum Gasteiger partial charge on any atom is -0.465 e. The van der Waals surface area contributed by atoms with E-state index in [1.807, 2.05) is 24.3 Å². The summed E-state index contributed by atoms with van der Waals surface area (Å²) < 4.78 is 27.7. The lowest BCUT2D eigenvalue weighted by atomic mass is 9.46. The second kappa shape index (κ2) is 11.5. The number of hydrogen-bond donors (Lipinski definition) is 1. The molecule has 2 aliphatic heterocycles. The summed E-state index contributed by atoms with van der Waals surface area (Å²) in [5.41, 5.74) is 2.06. The molecular formula is C32H41NO8. The fourth-order valence-corrected chi connectivity index (χ4v) is 7.76. The molecule has 0 spiro atoms. The van der Waals surface area contributed by atoms with Crippen LogP contribution in [-0.2, 0) is 35.1 Å². The summed E-state index contributed by atoms with van der Waals surface area (Å²) in [6.07, 6.45) is 5.35. The lowest BCUT2D eigenvalue weighted by molar-refractivity contribution is -0.191. The second-order valence-corrected chi connectivity index (χ2v) is 12.3. The second-order valence-electron chi connectivity index (χ2n) is 12.3. The summed E-state index contributed by atoms with van der Waals surface area (Å²) in [5.74, 6) is 0.662. The molecule has 0 radical (unpaired) electrons. The molecule has 0 saturated heterocycles. The van der Waals surface area contributed by atoms with Crippen molar-refractivity contribution in [3.63, 3.8) is 0 Å². The zero-order chi connectivity index (χ0) is 29.4. The molecule has 0 aromatic heterocycles. The van der Waals surface area contributed by atoms with Gasteiger partial charge in [-0.25, -0.2) is 4.79 Å². The molecule has 1 aromatic rings. The van der Waals surface area contributed by atoms with E-state index >= 15 is 0 Å². The minimum absolute atomic E-state index is 0.0831. The molecule has 1 N–H and O–H groups in total. The first-order valence-electron chi connectivity index (χ1n) is 14.5. The lowest BCUT2D eigenvalue weighted by Crippen LogP contribution is -2.59. The van der Waals surface area contributed by atoms with Gasteiger partial charge in [-0.3, -0.25) is 9.59 Å². The highest BCUT2D eigenvalue weighted by Crippen LogP contribution is 2.62. The van der Waals surface area contributed by atoms with Crippen LogP contribution in [0.2, 0.25) is 0 Å². The highest BCUT2D eigenvalue weighted by Gasteiger charge is 2.60. The van der Waals surface area contributed by atoms with Crippen molar-refractivity contribution in [3.8, 4) is 11.5 Å². The Morgan fingerprint density at radius 2 is 1.90 bits per heavy atom. The van der Waals surface area contributed by atoms with E-state index in [2.05, 4.69) is 25.7 Å². The van der Waals surface area contributed by atoms with Gasteiger partial charge in [0, 0.05) is 31.8 Å². The Morgan fingerprint density at radius 1 is 1.12 bits per heavy atom. The molecule has 0 amide bonds. The number of ether oxygens (including phenoxy) is 5. The first kappa shape index (κ1) is 29.2. The van der Waals surface area contributed by atoms with E-state index in [9.17, 15) is 14.4 Å². The highest BCUT2D eigenvalue weighted by molar-refractivity contribution is 5.91. The van der Waals surface area contributed by atoms with Crippen molar-refractivity contribution >= 4 is 17.9 Å². The number of fused-ring (bicyclic) bond motifs is 2. The molecule has 222 valence electrons.